The topological polar surface area (TPSA) is 141 Å². The number of aromatic nitrogens is 2. The molecule has 2 aliphatic rings. The Labute approximate surface area is 274 Å². The average molecular weight is 662 g/mol. The van der Waals surface area contributed by atoms with Crippen LogP contribution in [-0.2, 0) is 21.2 Å². The van der Waals surface area contributed by atoms with Crippen LogP contribution in [-0.4, -0.2) is 59.8 Å². The summed E-state index contributed by atoms with van der Waals surface area (Å²) in [5, 5.41) is 2.78. The molecule has 0 atom stereocenters. The molecule has 0 bridgehead atoms. The number of hydrogen-bond acceptors (Lipinski definition) is 6. The van der Waals surface area contributed by atoms with Gasteiger partial charge in [0.05, 0.1) is 33.6 Å². The van der Waals surface area contributed by atoms with Crippen LogP contribution in [0.5, 0.6) is 0 Å². The number of rotatable bonds is 15. The van der Waals surface area contributed by atoms with E-state index in [1.165, 1.54) is 17.1 Å². The third kappa shape index (κ3) is 8.42. The molecule has 3 N–H and O–H groups in total. The molecule has 248 valence electrons. The highest BCUT2D eigenvalue weighted by Crippen LogP contribution is 2.31. The van der Waals surface area contributed by atoms with Crippen LogP contribution in [0.25, 0.3) is 11.0 Å². The van der Waals surface area contributed by atoms with Crippen molar-refractivity contribution in [2.24, 2.45) is 11.8 Å². The van der Waals surface area contributed by atoms with Crippen LogP contribution in [0.3, 0.4) is 0 Å². The summed E-state index contributed by atoms with van der Waals surface area (Å²) in [5.41, 5.74) is 2.93. The van der Waals surface area contributed by atoms with E-state index >= 15 is 0 Å². The van der Waals surface area contributed by atoms with Gasteiger partial charge < -0.3 is 10.3 Å². The Hall–Kier alpha value is -4.58. The first-order chi connectivity index (χ1) is 22.5. The van der Waals surface area contributed by atoms with Gasteiger partial charge in [0.15, 0.2) is 0 Å². The van der Waals surface area contributed by atoms with Gasteiger partial charge >= 0.3 is 0 Å². The summed E-state index contributed by atoms with van der Waals surface area (Å²) >= 11 is 0. The van der Waals surface area contributed by atoms with Gasteiger partial charge in [0.1, 0.15) is 11.7 Å². The summed E-state index contributed by atoms with van der Waals surface area (Å²) in [5.74, 6) is -0.222. The average Bonchev–Trinajstić information content (AvgIpc) is 3.56. The van der Waals surface area contributed by atoms with E-state index in [1.54, 1.807) is 42.5 Å². The molecular weight excluding hydrogens is 621 g/mol. The zero-order chi connectivity index (χ0) is 33.6. The number of benzene rings is 2. The van der Waals surface area contributed by atoms with E-state index in [-0.39, 0.29) is 48.1 Å². The fourth-order valence-corrected chi connectivity index (χ4v) is 7.35. The lowest BCUT2D eigenvalue weighted by Crippen LogP contribution is -2.34. The monoisotopic (exact) mass is 661 g/mol. The zero-order valence-electron chi connectivity index (χ0n) is 26.3. The molecule has 1 aromatic heterocycles. The molecule has 10 nitrogen and oxygen atoms in total. The number of hydrogen-bond donors (Lipinski definition) is 3. The number of H-pyrrole nitrogens is 1. The number of aromatic amines is 1. The maximum absolute atomic E-state index is 13.8. The quantitative estimate of drug-likeness (QED) is 0.106. The summed E-state index contributed by atoms with van der Waals surface area (Å²) in [6.45, 7) is 7.43. The molecule has 0 saturated heterocycles. The van der Waals surface area contributed by atoms with Crippen molar-refractivity contribution in [3.8, 4) is 0 Å². The number of amides is 3. The largest absolute Gasteiger partial charge is 0.352 e. The molecule has 1 aliphatic heterocycles. The number of anilines is 1. The van der Waals surface area contributed by atoms with Gasteiger partial charge in [0, 0.05) is 25.4 Å². The third-order valence-electron chi connectivity index (χ3n) is 8.75. The number of unbranched alkanes of at least 4 members (excludes halogenated alkanes) is 2. The van der Waals surface area contributed by atoms with Crippen LogP contribution in [0.1, 0.15) is 71.5 Å². The van der Waals surface area contributed by atoms with Gasteiger partial charge in [-0.05, 0) is 86.4 Å². The fourth-order valence-electron chi connectivity index (χ4n) is 6.18. The van der Waals surface area contributed by atoms with Gasteiger partial charge in [-0.3, -0.25) is 24.0 Å². The molecule has 2 aromatic carbocycles. The molecular formula is C35H40FN5O5S. The van der Waals surface area contributed by atoms with Crippen LogP contribution < -0.4 is 10.0 Å². The van der Waals surface area contributed by atoms with E-state index in [9.17, 15) is 27.2 Å². The Morgan fingerprint density at radius 1 is 1.04 bits per heavy atom. The molecule has 0 spiro atoms. The minimum atomic E-state index is -3.61. The highest BCUT2D eigenvalue weighted by Gasteiger charge is 2.34. The first-order valence-electron chi connectivity index (χ1n) is 15.9. The van der Waals surface area contributed by atoms with Crippen molar-refractivity contribution in [2.75, 3.05) is 23.6 Å². The van der Waals surface area contributed by atoms with Gasteiger partial charge in [0.25, 0.3) is 11.8 Å². The van der Waals surface area contributed by atoms with Crippen molar-refractivity contribution in [3.05, 3.63) is 96.1 Å². The second-order valence-electron chi connectivity index (χ2n) is 12.2. The predicted octanol–water partition coefficient (Wildman–Crippen LogP) is 5.83. The molecule has 0 radical (unpaired) electrons. The fraction of sp³-hybridized carbons (Fsp3) is 0.371. The molecule has 2 heterocycles. The molecule has 0 unspecified atom stereocenters. The Balaban J connectivity index is 1.04. The van der Waals surface area contributed by atoms with E-state index in [0.717, 1.165) is 49.0 Å². The summed E-state index contributed by atoms with van der Waals surface area (Å²) in [7, 11) is -3.61. The molecule has 5 rings (SSSR count). The Bertz CT molecular complexity index is 1790. The van der Waals surface area contributed by atoms with Crippen LogP contribution in [0.15, 0.2) is 79.2 Å². The van der Waals surface area contributed by atoms with Crippen LogP contribution in [0.2, 0.25) is 0 Å². The molecule has 1 fully saturated rings. The van der Waals surface area contributed by atoms with Crippen LogP contribution in [0.4, 0.5) is 10.1 Å². The minimum absolute atomic E-state index is 0.0628. The molecule has 1 aliphatic carbocycles. The molecule has 47 heavy (non-hydrogen) atoms. The summed E-state index contributed by atoms with van der Waals surface area (Å²) in [6, 6.07) is 11.9. The van der Waals surface area contributed by atoms with Crippen molar-refractivity contribution in [2.45, 2.75) is 51.4 Å². The number of imidazole rings is 1. The van der Waals surface area contributed by atoms with Crippen molar-refractivity contribution in [1.29, 1.82) is 0 Å². The second-order valence-corrected chi connectivity index (χ2v) is 14.0. The van der Waals surface area contributed by atoms with Gasteiger partial charge in [0.2, 0.25) is 15.9 Å². The van der Waals surface area contributed by atoms with E-state index in [0.29, 0.717) is 42.0 Å². The van der Waals surface area contributed by atoms with Gasteiger partial charge in [-0.15, -0.1) is 0 Å². The van der Waals surface area contributed by atoms with Crippen molar-refractivity contribution in [1.82, 2.24) is 20.2 Å². The molecule has 3 aromatic rings. The number of nitrogens with zero attached hydrogens (tertiary/aromatic N) is 2. The number of allylic oxidation sites excluding steroid dienone is 2. The summed E-state index contributed by atoms with van der Waals surface area (Å²) in [4.78, 5) is 46.8. The lowest BCUT2D eigenvalue weighted by atomic mass is 9.80. The number of sulfonamides is 1. The molecule has 3 amide bonds. The number of carbonyl (C=O) groups is 3. The maximum Gasteiger partial charge on any atom is 0.261 e. The van der Waals surface area contributed by atoms with E-state index in [2.05, 4.69) is 33.2 Å². The second kappa shape index (κ2) is 14.9. The highest BCUT2D eigenvalue weighted by molar-refractivity contribution is 7.92. The lowest BCUT2D eigenvalue weighted by Gasteiger charge is -2.27. The van der Waals surface area contributed by atoms with E-state index in [4.69, 9.17) is 0 Å². The first kappa shape index (κ1) is 33.8. The predicted molar refractivity (Wildman–Crippen MR) is 180 cm³/mol. The standard InChI is InChI=1S/C35H40FN5O5S/c1-3-9-29(36)23(2)22-37-33(42)25-14-12-24(13-15-25)20-32-38-30-17-16-26(21-31(30)39-32)40-47(45,46)19-8-4-7-18-41-34(43)27-10-5-6-11-28(27)35(41)44/h3,5-6,9-11,16-17,21,24-25,40H,1-2,4,7-8,12-15,18-20,22H2,(H,37,42)(H,38,39)/b29-9+. The van der Waals surface area contributed by atoms with Gasteiger partial charge in [-0.1, -0.05) is 37.8 Å². The zero-order valence-corrected chi connectivity index (χ0v) is 27.1. The first-order valence-corrected chi connectivity index (χ1v) is 17.6. The summed E-state index contributed by atoms with van der Waals surface area (Å²) < 4.78 is 41.9. The third-order valence-corrected chi connectivity index (χ3v) is 10.1. The Morgan fingerprint density at radius 3 is 2.43 bits per heavy atom. The van der Waals surface area contributed by atoms with Gasteiger partial charge in [-0.25, -0.2) is 17.8 Å². The van der Waals surface area contributed by atoms with Crippen molar-refractivity contribution >= 4 is 44.5 Å². The molecule has 12 heteroatoms. The number of imide groups is 1. The van der Waals surface area contributed by atoms with Crippen molar-refractivity contribution in [3.63, 3.8) is 0 Å². The lowest BCUT2D eigenvalue weighted by molar-refractivity contribution is -0.126. The van der Waals surface area contributed by atoms with Crippen molar-refractivity contribution < 1.29 is 27.2 Å². The maximum atomic E-state index is 13.8. The number of halogens is 1. The highest BCUT2D eigenvalue weighted by atomic mass is 32.2. The Kier molecular flexibility index (Phi) is 10.7. The minimum Gasteiger partial charge on any atom is -0.352 e. The van der Waals surface area contributed by atoms with Crippen LogP contribution in [0, 0.1) is 11.8 Å². The normalized spacial score (nSPS) is 18.3. The SMILES string of the molecule is C=C/C=C(/F)C(=C)CNC(=O)C1CCC(Cc2nc3ccc(NS(=O)(=O)CCCCCN4C(=O)c5ccccc5C4=O)cc3[nH]2)CC1. The number of nitrogens with one attached hydrogen (secondary N) is 3. The van der Waals surface area contributed by atoms with E-state index < -0.39 is 15.9 Å². The van der Waals surface area contributed by atoms with E-state index in [1.807, 2.05) is 0 Å². The number of fused-ring (bicyclic) bond motifs is 2. The summed E-state index contributed by atoms with van der Waals surface area (Å²) in [6.07, 6.45) is 7.94. The number of carbonyl (C=O) groups excluding carboxylic acids is 3. The Morgan fingerprint density at radius 2 is 1.74 bits per heavy atom. The smallest absolute Gasteiger partial charge is 0.261 e. The molecule has 1 saturated carbocycles. The van der Waals surface area contributed by atoms with Gasteiger partial charge in [-0.2, -0.15) is 0 Å². The van der Waals surface area contributed by atoms with Crippen LogP contribution >= 0.6 is 0 Å².